The summed E-state index contributed by atoms with van der Waals surface area (Å²) in [6.45, 7) is 5.80. The van der Waals surface area contributed by atoms with Crippen LogP contribution < -0.4 is 4.74 Å². The Balaban J connectivity index is 1.51. The maximum Gasteiger partial charge on any atom is 0.307 e. The summed E-state index contributed by atoms with van der Waals surface area (Å²) in [7, 11) is -1.93. The second-order valence-corrected chi connectivity index (χ2v) is 15.7. The number of nitrogens with one attached hydrogen (secondary N) is 1. The Morgan fingerprint density at radius 3 is 2.67 bits per heavy atom. The molecule has 48 heavy (non-hydrogen) atoms. The standard InChI is InChI=1S/C35H37F2N5O5S/c1-34(2)12-6-13-35(3,22-8-5-7-21(17-22)18-27(43)44)33-40-32(42(4)41-33)26-19-23(9-14-38-26)47-31-25(11-16-48(45,46)20-34)24-10-15-39-30(24)28(36)29(31)37/h5,7-10,14-15,17,19,39H,6,11-13,16,18,20H2,1-4H3,(H,43,44)/t35-/m1/s1. The number of hydrogen-bond donors (Lipinski definition) is 2. The van der Waals surface area contributed by atoms with Crippen LogP contribution in [0.1, 0.15) is 62.5 Å². The number of halogens is 2. The van der Waals surface area contributed by atoms with Gasteiger partial charge in [-0.2, -0.15) is 9.49 Å². The molecule has 0 spiro atoms. The highest BCUT2D eigenvalue weighted by atomic mass is 32.2. The third kappa shape index (κ3) is 6.55. The third-order valence-corrected chi connectivity index (χ3v) is 11.2. The van der Waals surface area contributed by atoms with Crippen LogP contribution in [0.4, 0.5) is 8.78 Å². The van der Waals surface area contributed by atoms with Gasteiger partial charge in [0.15, 0.2) is 33.1 Å². The second kappa shape index (κ2) is 12.4. The summed E-state index contributed by atoms with van der Waals surface area (Å²) in [5.74, 6) is -3.06. The van der Waals surface area contributed by atoms with Gasteiger partial charge >= 0.3 is 5.97 Å². The molecule has 2 N–H and O–H groups in total. The Kier molecular flexibility index (Phi) is 8.61. The first-order chi connectivity index (χ1) is 22.7. The molecule has 5 aromatic rings. The van der Waals surface area contributed by atoms with Gasteiger partial charge in [0.2, 0.25) is 5.82 Å². The van der Waals surface area contributed by atoms with Gasteiger partial charge in [-0.25, -0.2) is 22.5 Å². The molecular formula is C35H37F2N5O5S. The highest BCUT2D eigenvalue weighted by Crippen LogP contribution is 2.41. The number of aromatic nitrogens is 5. The fourth-order valence-electron chi connectivity index (χ4n) is 6.68. The molecular weight excluding hydrogens is 640 g/mol. The van der Waals surface area contributed by atoms with E-state index in [4.69, 9.17) is 14.8 Å². The number of pyridine rings is 1. The molecule has 0 aliphatic carbocycles. The van der Waals surface area contributed by atoms with Gasteiger partial charge < -0.3 is 14.8 Å². The maximum atomic E-state index is 15.6. The van der Waals surface area contributed by atoms with Crippen LogP contribution in [0, 0.1) is 17.0 Å². The number of carbonyl (C=O) groups is 1. The number of fused-ring (bicyclic) bond motifs is 8. The van der Waals surface area contributed by atoms with Crippen molar-refractivity contribution in [2.45, 2.75) is 58.3 Å². The second-order valence-electron chi connectivity index (χ2n) is 13.5. The van der Waals surface area contributed by atoms with E-state index in [2.05, 4.69) is 9.97 Å². The van der Waals surface area contributed by atoms with Crippen LogP contribution in [0.5, 0.6) is 11.5 Å². The van der Waals surface area contributed by atoms with E-state index in [0.717, 1.165) is 5.56 Å². The highest BCUT2D eigenvalue weighted by molar-refractivity contribution is 7.91. The minimum Gasteiger partial charge on any atom is -0.481 e. The average molecular weight is 678 g/mol. The molecule has 6 rings (SSSR count). The molecule has 4 heterocycles. The van der Waals surface area contributed by atoms with Crippen LogP contribution in [-0.2, 0) is 39.9 Å². The summed E-state index contributed by atoms with van der Waals surface area (Å²) in [4.78, 5) is 23.6. The van der Waals surface area contributed by atoms with Gasteiger partial charge in [0.25, 0.3) is 0 Å². The van der Waals surface area contributed by atoms with Crippen LogP contribution in [0.15, 0.2) is 54.9 Å². The zero-order valence-electron chi connectivity index (χ0n) is 27.2. The van der Waals surface area contributed by atoms with Crippen molar-refractivity contribution in [3.05, 3.63) is 89.0 Å². The summed E-state index contributed by atoms with van der Waals surface area (Å²) in [5.41, 5.74) is 0.619. The number of ether oxygens (including phenoxy) is 1. The highest BCUT2D eigenvalue weighted by Gasteiger charge is 2.36. The lowest BCUT2D eigenvalue weighted by molar-refractivity contribution is -0.136. The van der Waals surface area contributed by atoms with Gasteiger partial charge in [-0.1, -0.05) is 44.5 Å². The smallest absolute Gasteiger partial charge is 0.307 e. The van der Waals surface area contributed by atoms with Gasteiger partial charge in [-0.15, -0.1) is 0 Å². The number of H-pyrrole nitrogens is 1. The van der Waals surface area contributed by atoms with Crippen molar-refractivity contribution in [1.82, 2.24) is 24.7 Å². The van der Waals surface area contributed by atoms with E-state index < -0.39 is 38.3 Å². The SMILES string of the molecule is Cn1nc2nc1-c1cc(ccn1)Oc1c(F)c(F)c3[nH]ccc3c1CCS(=O)(=O)CC(C)(C)CCC[C@]2(C)c1cccc(CC(=O)O)c1. The molecule has 252 valence electrons. The number of nitrogens with zero attached hydrogens (tertiary/aromatic N) is 4. The molecule has 3 aromatic heterocycles. The molecule has 1 atom stereocenters. The summed E-state index contributed by atoms with van der Waals surface area (Å²) < 4.78 is 65.6. The molecule has 1 aliphatic rings. The number of rotatable bonds is 3. The molecule has 0 saturated heterocycles. The van der Waals surface area contributed by atoms with Gasteiger partial charge in [0.05, 0.1) is 28.9 Å². The number of sulfone groups is 1. The zero-order valence-corrected chi connectivity index (χ0v) is 28.0. The lowest BCUT2D eigenvalue weighted by Crippen LogP contribution is -2.29. The van der Waals surface area contributed by atoms with Crippen molar-refractivity contribution in [2.24, 2.45) is 12.5 Å². The molecule has 0 radical (unpaired) electrons. The fourth-order valence-corrected chi connectivity index (χ4v) is 8.67. The van der Waals surface area contributed by atoms with Gasteiger partial charge in [-0.05, 0) is 54.9 Å². The van der Waals surface area contributed by atoms with Crippen LogP contribution in [-0.4, -0.2) is 55.7 Å². The monoisotopic (exact) mass is 677 g/mol. The Labute approximate surface area is 277 Å². The minimum atomic E-state index is -3.65. The first-order valence-electron chi connectivity index (χ1n) is 15.7. The molecule has 0 amide bonds. The molecule has 0 unspecified atom stereocenters. The summed E-state index contributed by atoms with van der Waals surface area (Å²) in [6, 6.07) is 12.0. The van der Waals surface area contributed by atoms with E-state index in [0.29, 0.717) is 47.6 Å². The lowest BCUT2D eigenvalue weighted by atomic mass is 9.75. The van der Waals surface area contributed by atoms with E-state index >= 15 is 8.78 Å². The number of aryl methyl sites for hydroxylation is 2. The van der Waals surface area contributed by atoms with E-state index in [-0.39, 0.29) is 46.9 Å². The molecule has 0 saturated carbocycles. The average Bonchev–Trinajstić information content (AvgIpc) is 3.66. The van der Waals surface area contributed by atoms with Crippen LogP contribution in [0.3, 0.4) is 0 Å². The predicted octanol–water partition coefficient (Wildman–Crippen LogP) is 6.53. The Hall–Kier alpha value is -4.65. The molecule has 10 nitrogen and oxygen atoms in total. The van der Waals surface area contributed by atoms with Crippen LogP contribution >= 0.6 is 0 Å². The Morgan fingerprint density at radius 1 is 1.10 bits per heavy atom. The van der Waals surface area contributed by atoms with Crippen molar-refractivity contribution in [3.8, 4) is 23.0 Å². The van der Waals surface area contributed by atoms with E-state index in [1.165, 1.54) is 18.5 Å². The maximum absolute atomic E-state index is 15.6. The lowest BCUT2D eigenvalue weighted by Gasteiger charge is -2.30. The Bertz CT molecular complexity index is 2140. The zero-order chi connectivity index (χ0) is 34.4. The number of aliphatic carboxylic acids is 1. The van der Waals surface area contributed by atoms with Gasteiger partial charge in [0.1, 0.15) is 11.4 Å². The molecule has 13 heteroatoms. The Morgan fingerprint density at radius 2 is 1.90 bits per heavy atom. The molecule has 2 aromatic carbocycles. The van der Waals surface area contributed by atoms with E-state index in [1.807, 2.05) is 39.0 Å². The first-order valence-corrected chi connectivity index (χ1v) is 17.5. The number of carboxylic acids is 1. The summed E-state index contributed by atoms with van der Waals surface area (Å²) in [6.07, 6.45) is 4.43. The van der Waals surface area contributed by atoms with Crippen molar-refractivity contribution in [3.63, 3.8) is 0 Å². The van der Waals surface area contributed by atoms with Crippen LogP contribution in [0.2, 0.25) is 0 Å². The first kappa shape index (κ1) is 33.3. The van der Waals surface area contributed by atoms with Crippen molar-refractivity contribution < 1.29 is 31.8 Å². The van der Waals surface area contributed by atoms with Crippen molar-refractivity contribution in [1.29, 1.82) is 0 Å². The number of benzene rings is 2. The quantitative estimate of drug-likeness (QED) is 0.220. The van der Waals surface area contributed by atoms with Gasteiger partial charge in [-0.3, -0.25) is 9.78 Å². The normalized spacial score (nSPS) is 19.5. The number of carboxylic acid groups (broad SMARTS) is 1. The predicted molar refractivity (Wildman–Crippen MR) is 177 cm³/mol. The van der Waals surface area contributed by atoms with Gasteiger partial charge in [0, 0.05) is 36.5 Å². The van der Waals surface area contributed by atoms with Crippen molar-refractivity contribution in [2.75, 3.05) is 11.5 Å². The molecule has 1 aliphatic heterocycles. The minimum absolute atomic E-state index is 0.0618. The topological polar surface area (TPSA) is 140 Å². The van der Waals surface area contributed by atoms with E-state index in [9.17, 15) is 18.3 Å². The summed E-state index contributed by atoms with van der Waals surface area (Å²) >= 11 is 0. The van der Waals surface area contributed by atoms with Crippen molar-refractivity contribution >= 4 is 26.7 Å². The van der Waals surface area contributed by atoms with E-state index in [1.54, 1.807) is 29.9 Å². The fraction of sp³-hybridized carbons (Fsp3) is 0.371. The largest absolute Gasteiger partial charge is 0.481 e. The number of aromatic amines is 1. The number of hydrogen-bond acceptors (Lipinski definition) is 7. The summed E-state index contributed by atoms with van der Waals surface area (Å²) in [5, 5.41) is 14.6. The van der Waals surface area contributed by atoms with Crippen LogP contribution in [0.25, 0.3) is 22.4 Å². The third-order valence-electron chi connectivity index (χ3n) is 9.12. The molecule has 0 fully saturated rings. The molecule has 4 bridgehead atoms.